The third-order valence-electron chi connectivity index (χ3n) is 3.89. The molecule has 0 heterocycles. The van der Waals surface area contributed by atoms with Gasteiger partial charge in [0, 0.05) is 13.8 Å². The molecule has 4 nitrogen and oxygen atoms in total. The lowest BCUT2D eigenvalue weighted by Crippen LogP contribution is -3.35. The summed E-state index contributed by atoms with van der Waals surface area (Å²) >= 11 is 2.17. The van der Waals surface area contributed by atoms with Crippen molar-refractivity contribution >= 4 is 11.9 Å². The van der Waals surface area contributed by atoms with Crippen LogP contribution in [-0.4, -0.2) is 16.4 Å². The second kappa shape index (κ2) is 13.1. The Hall–Kier alpha value is -1.11. The van der Waals surface area contributed by atoms with Crippen molar-refractivity contribution in [2.75, 3.05) is 4.43 Å². The summed E-state index contributed by atoms with van der Waals surface area (Å²) in [6, 6.07) is 5.15. The van der Waals surface area contributed by atoms with E-state index in [2.05, 4.69) is 22.6 Å². The zero-order valence-corrected chi connectivity index (χ0v) is 17.7. The first kappa shape index (κ1) is 21.9. The number of halogens is 1. The Balaban J connectivity index is 2.43. The average molecular weight is 461 g/mol. The molecule has 0 amide bonds. The molecule has 0 bridgehead atoms. The number of carbonyl (C=O) groups excluding carboxylic acids is 2. The van der Waals surface area contributed by atoms with E-state index in [1.807, 2.05) is 0 Å². The number of hydrogen-bond acceptors (Lipinski definition) is 4. The molecule has 5 heteroatoms. The molecule has 1 aromatic rings. The van der Waals surface area contributed by atoms with Gasteiger partial charge in [0.05, 0.1) is 0 Å². The van der Waals surface area contributed by atoms with Gasteiger partial charge in [-0.3, -0.25) is 9.59 Å². The summed E-state index contributed by atoms with van der Waals surface area (Å²) in [6.07, 6.45) is 10.9. The fourth-order valence-corrected chi connectivity index (χ4v) is 3.30. The number of rotatable bonds is 12. The van der Waals surface area contributed by atoms with Crippen molar-refractivity contribution in [2.24, 2.45) is 0 Å². The summed E-state index contributed by atoms with van der Waals surface area (Å²) in [6.45, 7) is 2.77. The van der Waals surface area contributed by atoms with Crippen molar-refractivity contribution < 1.29 is 41.7 Å². The van der Waals surface area contributed by atoms with Crippen LogP contribution in [0.3, 0.4) is 0 Å². The average Bonchev–Trinajstić information content (AvgIpc) is 2.54. The number of esters is 2. The van der Waals surface area contributed by atoms with Gasteiger partial charge in [0.25, 0.3) is 22.6 Å². The Labute approximate surface area is 164 Å². The maximum atomic E-state index is 11.2. The van der Waals surface area contributed by atoms with E-state index < -0.39 is 0 Å². The van der Waals surface area contributed by atoms with Crippen LogP contribution in [0.1, 0.15) is 70.8 Å². The number of carbonyl (C=O) groups is 2. The molecule has 0 aromatic heterocycles. The maximum absolute atomic E-state index is 11.2. The van der Waals surface area contributed by atoms with Gasteiger partial charge in [-0.1, -0.05) is 32.1 Å². The van der Waals surface area contributed by atoms with Gasteiger partial charge in [-0.05, 0) is 49.4 Å². The van der Waals surface area contributed by atoms with E-state index in [-0.39, 0.29) is 11.9 Å². The highest BCUT2D eigenvalue weighted by Gasteiger charge is 2.09. The first-order chi connectivity index (χ1) is 12.0. The van der Waals surface area contributed by atoms with Crippen LogP contribution in [0, 0.1) is 0 Å². The molecule has 0 aliphatic carbocycles. The Bertz CT molecular complexity index is 542. The molecule has 25 heavy (non-hydrogen) atoms. The third kappa shape index (κ3) is 10.5. The highest BCUT2D eigenvalue weighted by Crippen LogP contribution is 2.26. The van der Waals surface area contributed by atoms with E-state index in [9.17, 15) is 9.59 Å². The highest BCUT2D eigenvalue weighted by atomic mass is 127. The van der Waals surface area contributed by atoms with Gasteiger partial charge in [-0.2, -0.15) is 0 Å². The lowest BCUT2D eigenvalue weighted by molar-refractivity contribution is -0.368. The zero-order valence-electron chi connectivity index (χ0n) is 15.3. The Morgan fingerprint density at radius 1 is 0.840 bits per heavy atom. The number of unbranched alkanes of at least 4 members (excludes halogenated alkanes) is 7. The predicted octanol–water partition coefficient (Wildman–Crippen LogP) is 1.49. The van der Waals surface area contributed by atoms with Crippen LogP contribution >= 0.6 is 0 Å². The van der Waals surface area contributed by atoms with Crippen LogP contribution < -0.4 is 32.1 Å². The standard InChI is InChI=1S/C20H30IO4/c1-16(22)24-19-12-13-20(25-17(2)23)18(15-19)11-9-7-5-3-4-6-8-10-14-21/h12-13,15,21H,3-11,14H2,1-2H3/q+1. The van der Waals surface area contributed by atoms with Crippen molar-refractivity contribution in [3.05, 3.63) is 23.8 Å². The summed E-state index contributed by atoms with van der Waals surface area (Å²) in [5, 5.41) is 0. The van der Waals surface area contributed by atoms with E-state index in [1.54, 1.807) is 18.2 Å². The minimum absolute atomic E-state index is 0.339. The Kier molecular flexibility index (Phi) is 11.5. The van der Waals surface area contributed by atoms with Gasteiger partial charge in [0.15, 0.2) is 0 Å². The summed E-state index contributed by atoms with van der Waals surface area (Å²) in [4.78, 5) is 22.4. The molecule has 0 unspecified atom stereocenters. The molecule has 0 spiro atoms. The second-order valence-corrected chi connectivity index (χ2v) is 7.40. The Morgan fingerprint density at radius 3 is 1.96 bits per heavy atom. The van der Waals surface area contributed by atoms with Crippen LogP contribution in [0.15, 0.2) is 18.2 Å². The lowest BCUT2D eigenvalue weighted by Gasteiger charge is -2.11. The summed E-state index contributed by atoms with van der Waals surface area (Å²) in [5.41, 5.74) is 0.914. The van der Waals surface area contributed by atoms with Crippen LogP contribution in [0.4, 0.5) is 0 Å². The molecule has 0 saturated heterocycles. The molecule has 0 fully saturated rings. The fourth-order valence-electron chi connectivity index (χ4n) is 2.71. The summed E-state index contributed by atoms with van der Waals surface area (Å²) in [5.74, 6) is 0.362. The van der Waals surface area contributed by atoms with E-state index in [4.69, 9.17) is 9.47 Å². The highest BCUT2D eigenvalue weighted by molar-refractivity contribution is 5.71. The monoisotopic (exact) mass is 461 g/mol. The molecular formula is C20H30IO4+. The van der Waals surface area contributed by atoms with Crippen molar-refractivity contribution in [3.8, 4) is 11.5 Å². The topological polar surface area (TPSA) is 52.6 Å². The van der Waals surface area contributed by atoms with Crippen LogP contribution in [0.2, 0.25) is 0 Å². The lowest BCUT2D eigenvalue weighted by atomic mass is 10.0. The van der Waals surface area contributed by atoms with Gasteiger partial charge in [-0.15, -0.1) is 0 Å². The van der Waals surface area contributed by atoms with Crippen molar-refractivity contribution in [2.45, 2.75) is 71.6 Å². The minimum atomic E-state index is -0.352. The van der Waals surface area contributed by atoms with Gasteiger partial charge in [-0.25, -0.2) is 0 Å². The smallest absolute Gasteiger partial charge is 0.308 e. The van der Waals surface area contributed by atoms with Crippen LogP contribution in [0.5, 0.6) is 11.5 Å². The zero-order chi connectivity index (χ0) is 18.5. The maximum Gasteiger partial charge on any atom is 0.308 e. The normalized spacial score (nSPS) is 10.5. The number of alkyl halides is 1. The number of ether oxygens (including phenoxy) is 2. The molecule has 0 aliphatic rings. The molecule has 0 atom stereocenters. The van der Waals surface area contributed by atoms with E-state index in [1.165, 1.54) is 56.8 Å². The molecule has 0 N–H and O–H groups in total. The first-order valence-electron chi connectivity index (χ1n) is 9.11. The van der Waals surface area contributed by atoms with E-state index >= 15 is 0 Å². The fraction of sp³-hybridized carbons (Fsp3) is 0.600. The van der Waals surface area contributed by atoms with Crippen molar-refractivity contribution in [3.63, 3.8) is 0 Å². The molecular weight excluding hydrogens is 431 g/mol. The molecule has 0 radical (unpaired) electrons. The largest absolute Gasteiger partial charge is 0.427 e. The number of hydrogen-bond donors (Lipinski definition) is 0. The second-order valence-electron chi connectivity index (χ2n) is 6.24. The molecule has 140 valence electrons. The number of benzene rings is 1. The van der Waals surface area contributed by atoms with Crippen molar-refractivity contribution in [1.82, 2.24) is 0 Å². The quantitative estimate of drug-likeness (QED) is 0.156. The SMILES string of the molecule is CC(=O)Oc1ccc(OC(C)=O)c(CCCCCCCCCC[IH+])c1. The molecule has 0 saturated carbocycles. The number of aryl methyl sites for hydroxylation is 1. The van der Waals surface area contributed by atoms with Crippen LogP contribution in [0.25, 0.3) is 0 Å². The molecule has 0 aliphatic heterocycles. The van der Waals surface area contributed by atoms with E-state index in [0.717, 1.165) is 24.8 Å². The van der Waals surface area contributed by atoms with Crippen molar-refractivity contribution in [1.29, 1.82) is 0 Å². The molecule has 1 aromatic carbocycles. The summed E-state index contributed by atoms with van der Waals surface area (Å²) in [7, 11) is 0. The Morgan fingerprint density at radius 2 is 1.40 bits per heavy atom. The van der Waals surface area contributed by atoms with Gasteiger partial charge >= 0.3 is 11.9 Å². The van der Waals surface area contributed by atoms with Gasteiger partial charge < -0.3 is 9.47 Å². The first-order valence-corrected chi connectivity index (χ1v) is 10.8. The predicted molar refractivity (Wildman–Crippen MR) is 96.0 cm³/mol. The van der Waals surface area contributed by atoms with Crippen LogP contribution in [-0.2, 0) is 16.0 Å². The summed E-state index contributed by atoms with van der Waals surface area (Å²) < 4.78 is 11.7. The molecule has 1 rings (SSSR count). The van der Waals surface area contributed by atoms with E-state index in [0.29, 0.717) is 11.5 Å². The van der Waals surface area contributed by atoms with Gasteiger partial charge in [0.1, 0.15) is 15.9 Å². The van der Waals surface area contributed by atoms with Gasteiger partial charge in [0.2, 0.25) is 0 Å². The minimum Gasteiger partial charge on any atom is -0.427 e. The third-order valence-corrected chi connectivity index (χ3v) is 4.71.